The highest BCUT2D eigenvalue weighted by Gasteiger charge is 2.35. The molecular formula is C20H22F3N5O2S. The van der Waals surface area contributed by atoms with Gasteiger partial charge < -0.3 is 15.1 Å². The van der Waals surface area contributed by atoms with Crippen LogP contribution in [0, 0.1) is 0 Å². The van der Waals surface area contributed by atoms with Gasteiger partial charge in [-0.05, 0) is 43.0 Å². The molecule has 2 aromatic heterocycles. The molecule has 0 aliphatic carbocycles. The first-order valence-electron chi connectivity index (χ1n) is 10.1. The van der Waals surface area contributed by atoms with E-state index in [-0.39, 0.29) is 17.9 Å². The number of hydrogen-bond acceptors (Lipinski definition) is 6. The van der Waals surface area contributed by atoms with Crippen LogP contribution in [0.15, 0.2) is 30.5 Å². The van der Waals surface area contributed by atoms with E-state index in [1.54, 1.807) is 12.3 Å². The second-order valence-electron chi connectivity index (χ2n) is 7.81. The number of rotatable bonds is 5. The molecule has 0 atom stereocenters. The fourth-order valence-electron chi connectivity index (χ4n) is 3.87. The summed E-state index contributed by atoms with van der Waals surface area (Å²) in [7, 11) is 0. The number of hydrogen-bond donors (Lipinski definition) is 1. The normalized spacial score (nSPS) is 18.0. The van der Waals surface area contributed by atoms with E-state index in [2.05, 4.69) is 15.5 Å². The molecule has 2 saturated heterocycles. The predicted octanol–water partition coefficient (Wildman–Crippen LogP) is 2.82. The fourth-order valence-corrected chi connectivity index (χ4v) is 4.95. The van der Waals surface area contributed by atoms with Gasteiger partial charge in [-0.1, -0.05) is 0 Å². The zero-order valence-corrected chi connectivity index (χ0v) is 17.5. The van der Waals surface area contributed by atoms with Crippen molar-refractivity contribution in [3.63, 3.8) is 0 Å². The van der Waals surface area contributed by atoms with Crippen LogP contribution in [-0.2, 0) is 4.79 Å². The van der Waals surface area contributed by atoms with Crippen LogP contribution in [0.1, 0.15) is 39.7 Å². The number of thiophene rings is 1. The summed E-state index contributed by atoms with van der Waals surface area (Å²) in [5.41, 5.74) is 0. The average Bonchev–Trinajstić information content (AvgIpc) is 3.20. The molecule has 0 spiro atoms. The minimum absolute atomic E-state index is 0.0444. The average molecular weight is 453 g/mol. The number of alkyl halides is 3. The van der Waals surface area contributed by atoms with Crippen molar-refractivity contribution in [2.45, 2.75) is 37.4 Å². The molecule has 166 valence electrons. The van der Waals surface area contributed by atoms with Crippen molar-refractivity contribution >= 4 is 29.0 Å². The molecule has 2 amide bonds. The summed E-state index contributed by atoms with van der Waals surface area (Å²) < 4.78 is 37.3. The van der Waals surface area contributed by atoms with Gasteiger partial charge in [0.15, 0.2) is 5.82 Å². The van der Waals surface area contributed by atoms with Crippen molar-refractivity contribution in [2.24, 2.45) is 0 Å². The van der Waals surface area contributed by atoms with Gasteiger partial charge in [0.1, 0.15) is 6.42 Å². The summed E-state index contributed by atoms with van der Waals surface area (Å²) >= 11 is 1.41. The van der Waals surface area contributed by atoms with Crippen LogP contribution in [0.25, 0.3) is 0 Å². The van der Waals surface area contributed by atoms with E-state index in [9.17, 15) is 22.8 Å². The molecule has 4 heterocycles. The van der Waals surface area contributed by atoms with Crippen LogP contribution >= 0.6 is 11.3 Å². The first kappa shape index (κ1) is 21.5. The Labute approximate surface area is 181 Å². The van der Waals surface area contributed by atoms with Crippen LogP contribution in [-0.4, -0.2) is 65.3 Å². The third-order valence-electron chi connectivity index (χ3n) is 5.55. The molecule has 0 bridgehead atoms. The Morgan fingerprint density at radius 2 is 1.90 bits per heavy atom. The van der Waals surface area contributed by atoms with E-state index in [4.69, 9.17) is 0 Å². The standard InChI is InChI=1S/C20H22F3N5O2S/c21-20(22,23)10-18(29)27-8-5-13(6-9-27)15-3-4-16(31-15)19(30)25-14-11-28(12-14)17-2-1-7-24-26-17/h1-4,7,13-14H,5-6,8-12H2,(H,25,30). The second kappa shape index (κ2) is 8.81. The summed E-state index contributed by atoms with van der Waals surface area (Å²) in [6.45, 7) is 1.96. The lowest BCUT2D eigenvalue weighted by Crippen LogP contribution is -2.59. The summed E-state index contributed by atoms with van der Waals surface area (Å²) in [5, 5.41) is 10.9. The number of carbonyl (C=O) groups excluding carboxylic acids is 2. The van der Waals surface area contributed by atoms with E-state index in [0.29, 0.717) is 43.9 Å². The predicted molar refractivity (Wildman–Crippen MR) is 109 cm³/mol. The van der Waals surface area contributed by atoms with Crippen LogP contribution in [0.5, 0.6) is 0 Å². The minimum atomic E-state index is -4.48. The molecular weight excluding hydrogens is 431 g/mol. The highest BCUT2D eigenvalue weighted by molar-refractivity contribution is 7.14. The Morgan fingerprint density at radius 3 is 2.55 bits per heavy atom. The quantitative estimate of drug-likeness (QED) is 0.753. The number of anilines is 1. The van der Waals surface area contributed by atoms with Crippen LogP contribution < -0.4 is 10.2 Å². The van der Waals surface area contributed by atoms with Gasteiger partial charge in [-0.2, -0.15) is 18.3 Å². The number of nitrogens with one attached hydrogen (secondary N) is 1. The first-order valence-corrected chi connectivity index (χ1v) is 10.9. The van der Waals surface area contributed by atoms with Crippen LogP contribution in [0.4, 0.5) is 19.0 Å². The lowest BCUT2D eigenvalue weighted by molar-refractivity contribution is -0.162. The number of likely N-dealkylation sites (tertiary alicyclic amines) is 1. The van der Waals surface area contributed by atoms with E-state index in [0.717, 1.165) is 10.7 Å². The Morgan fingerprint density at radius 1 is 1.16 bits per heavy atom. The van der Waals surface area contributed by atoms with Gasteiger partial charge in [0.05, 0.1) is 10.9 Å². The highest BCUT2D eigenvalue weighted by atomic mass is 32.1. The zero-order chi connectivity index (χ0) is 22.0. The van der Waals surface area contributed by atoms with Crippen molar-refractivity contribution in [3.8, 4) is 0 Å². The van der Waals surface area contributed by atoms with Gasteiger partial charge in [0, 0.05) is 37.3 Å². The number of piperidine rings is 1. The molecule has 4 rings (SSSR count). The molecule has 7 nitrogen and oxygen atoms in total. The van der Waals surface area contributed by atoms with Crippen molar-refractivity contribution in [1.82, 2.24) is 20.4 Å². The first-order chi connectivity index (χ1) is 14.8. The van der Waals surface area contributed by atoms with Gasteiger partial charge in [-0.3, -0.25) is 9.59 Å². The van der Waals surface area contributed by atoms with E-state index >= 15 is 0 Å². The highest BCUT2D eigenvalue weighted by Crippen LogP contribution is 2.34. The molecule has 0 saturated carbocycles. The monoisotopic (exact) mass is 453 g/mol. The molecule has 11 heteroatoms. The van der Waals surface area contributed by atoms with Crippen molar-refractivity contribution in [3.05, 3.63) is 40.2 Å². The molecule has 31 heavy (non-hydrogen) atoms. The largest absolute Gasteiger partial charge is 0.397 e. The summed E-state index contributed by atoms with van der Waals surface area (Å²) in [5.74, 6) is -0.0603. The maximum absolute atomic E-state index is 12.6. The van der Waals surface area contributed by atoms with E-state index in [1.807, 2.05) is 23.1 Å². The van der Waals surface area contributed by atoms with E-state index < -0.39 is 18.5 Å². The number of halogens is 3. The third-order valence-corrected chi connectivity index (χ3v) is 6.80. The van der Waals surface area contributed by atoms with Crippen LogP contribution in [0.3, 0.4) is 0 Å². The lowest BCUT2D eigenvalue weighted by atomic mass is 9.95. The van der Waals surface area contributed by atoms with Gasteiger partial charge in [-0.25, -0.2) is 0 Å². The molecule has 2 aliphatic rings. The Bertz CT molecular complexity index is 922. The number of carbonyl (C=O) groups is 2. The molecule has 2 fully saturated rings. The van der Waals surface area contributed by atoms with Crippen molar-refractivity contribution in [2.75, 3.05) is 31.1 Å². The molecule has 0 radical (unpaired) electrons. The van der Waals surface area contributed by atoms with E-state index in [1.165, 1.54) is 16.2 Å². The maximum Gasteiger partial charge on any atom is 0.397 e. The van der Waals surface area contributed by atoms with Crippen molar-refractivity contribution in [1.29, 1.82) is 0 Å². The minimum Gasteiger partial charge on any atom is -0.351 e. The Balaban J connectivity index is 1.24. The summed E-state index contributed by atoms with van der Waals surface area (Å²) in [6.07, 6.45) is -3.07. The topological polar surface area (TPSA) is 78.4 Å². The summed E-state index contributed by atoms with van der Waals surface area (Å²) in [4.78, 5) is 29.3. The van der Waals surface area contributed by atoms with Gasteiger partial charge in [-0.15, -0.1) is 16.4 Å². The molecule has 1 N–H and O–H groups in total. The third kappa shape index (κ3) is 5.33. The van der Waals surface area contributed by atoms with Gasteiger partial charge in [0.2, 0.25) is 5.91 Å². The Hall–Kier alpha value is -2.69. The SMILES string of the molecule is O=C(NC1CN(c2cccnn2)C1)c1ccc(C2CCN(C(=O)CC(F)(F)F)CC2)s1. The molecule has 2 aliphatic heterocycles. The molecule has 2 aromatic rings. The van der Waals surface area contributed by atoms with Gasteiger partial charge >= 0.3 is 6.18 Å². The fraction of sp³-hybridized carbons (Fsp3) is 0.500. The smallest absolute Gasteiger partial charge is 0.351 e. The summed E-state index contributed by atoms with van der Waals surface area (Å²) in [6, 6.07) is 7.43. The number of nitrogens with zero attached hydrogens (tertiary/aromatic N) is 4. The van der Waals surface area contributed by atoms with Crippen LogP contribution in [0.2, 0.25) is 0 Å². The second-order valence-corrected chi connectivity index (χ2v) is 8.92. The zero-order valence-electron chi connectivity index (χ0n) is 16.6. The molecule has 0 aromatic carbocycles. The molecule has 0 unspecified atom stereocenters. The Kier molecular flexibility index (Phi) is 6.12. The maximum atomic E-state index is 12.6. The van der Waals surface area contributed by atoms with Crippen molar-refractivity contribution < 1.29 is 22.8 Å². The lowest BCUT2D eigenvalue weighted by Gasteiger charge is -2.39. The number of amides is 2. The van der Waals surface area contributed by atoms with Gasteiger partial charge in [0.25, 0.3) is 5.91 Å². The number of aromatic nitrogens is 2.